The fourth-order valence-electron chi connectivity index (χ4n) is 5.23. The fraction of sp³-hybridized carbons (Fsp3) is 0.720. The summed E-state index contributed by atoms with van der Waals surface area (Å²) in [6, 6.07) is 7.05. The maximum atomic E-state index is 12.5. The van der Waals surface area contributed by atoms with Crippen LogP contribution in [0.5, 0.6) is 11.5 Å². The summed E-state index contributed by atoms with van der Waals surface area (Å²) in [6.45, 7) is 10.4. The number of carbonyl (C=O) groups is 1. The third kappa shape index (κ3) is 4.93. The van der Waals surface area contributed by atoms with Crippen LogP contribution in [0.4, 0.5) is 0 Å². The molecule has 0 aromatic heterocycles. The molecule has 5 heteroatoms. The maximum Gasteiger partial charge on any atom is 0.223 e. The Hall–Kier alpha value is -1.75. The van der Waals surface area contributed by atoms with E-state index in [0.717, 1.165) is 44.0 Å². The first-order valence-corrected chi connectivity index (χ1v) is 11.8. The van der Waals surface area contributed by atoms with Gasteiger partial charge in [0, 0.05) is 37.5 Å². The van der Waals surface area contributed by atoms with E-state index in [1.807, 2.05) is 0 Å². The summed E-state index contributed by atoms with van der Waals surface area (Å²) < 4.78 is 11.6. The molecule has 0 bridgehead atoms. The third-order valence-electron chi connectivity index (χ3n) is 6.97. The third-order valence-corrected chi connectivity index (χ3v) is 6.97. The van der Waals surface area contributed by atoms with E-state index in [0.29, 0.717) is 31.6 Å². The summed E-state index contributed by atoms with van der Waals surface area (Å²) >= 11 is 0. The zero-order chi connectivity index (χ0) is 21.2. The second kappa shape index (κ2) is 8.78. The van der Waals surface area contributed by atoms with Gasteiger partial charge in [0.2, 0.25) is 5.91 Å². The summed E-state index contributed by atoms with van der Waals surface area (Å²) in [7, 11) is 0. The second-order valence-electron chi connectivity index (χ2n) is 10.6. The van der Waals surface area contributed by atoms with Crippen LogP contribution in [-0.4, -0.2) is 49.7 Å². The first kappa shape index (κ1) is 21.5. The smallest absolute Gasteiger partial charge is 0.223 e. The minimum absolute atomic E-state index is 0.0602. The number of piperidine rings is 1. The van der Waals surface area contributed by atoms with Gasteiger partial charge in [-0.25, -0.2) is 0 Å². The Morgan fingerprint density at radius 2 is 1.77 bits per heavy atom. The Bertz CT molecular complexity index is 741. The predicted molar refractivity (Wildman–Crippen MR) is 119 cm³/mol. The molecule has 0 radical (unpaired) electrons. The molecule has 1 N–H and O–H groups in total. The van der Waals surface area contributed by atoms with Crippen molar-refractivity contribution < 1.29 is 14.3 Å². The molecule has 166 valence electrons. The van der Waals surface area contributed by atoms with Crippen LogP contribution in [0.15, 0.2) is 18.2 Å². The van der Waals surface area contributed by atoms with Gasteiger partial charge >= 0.3 is 0 Å². The van der Waals surface area contributed by atoms with Crippen molar-refractivity contribution in [3.05, 3.63) is 23.8 Å². The van der Waals surface area contributed by atoms with E-state index in [1.165, 1.54) is 31.2 Å². The van der Waals surface area contributed by atoms with E-state index < -0.39 is 0 Å². The number of fused-ring (bicyclic) bond motifs is 1. The number of hydrogen-bond donors (Lipinski definition) is 1. The van der Waals surface area contributed by atoms with Crippen molar-refractivity contribution in [1.82, 2.24) is 10.2 Å². The molecule has 0 unspecified atom stereocenters. The van der Waals surface area contributed by atoms with Gasteiger partial charge in [-0.1, -0.05) is 39.7 Å². The second-order valence-corrected chi connectivity index (χ2v) is 10.6. The number of nitrogens with zero attached hydrogens (tertiary/aromatic N) is 1. The van der Waals surface area contributed by atoms with Crippen LogP contribution < -0.4 is 14.8 Å². The Morgan fingerprint density at radius 1 is 1.10 bits per heavy atom. The molecule has 1 aliphatic carbocycles. The molecule has 1 aromatic rings. The molecule has 2 heterocycles. The number of amides is 1. The van der Waals surface area contributed by atoms with Crippen molar-refractivity contribution in [2.24, 2.45) is 5.41 Å². The van der Waals surface area contributed by atoms with E-state index in [4.69, 9.17) is 9.47 Å². The summed E-state index contributed by atoms with van der Waals surface area (Å²) in [4.78, 5) is 14.6. The van der Waals surface area contributed by atoms with Gasteiger partial charge in [0.25, 0.3) is 0 Å². The molecular weight excluding hydrogens is 376 g/mol. The SMILES string of the molecule is CC(C)(C)CC(=O)N1CCC(NCC2(c3ccc4c(c3)OCCO4)CCCC2)CC1. The molecule has 0 spiro atoms. The zero-order valence-electron chi connectivity index (χ0n) is 19.0. The maximum absolute atomic E-state index is 12.5. The van der Waals surface area contributed by atoms with Crippen LogP contribution in [0.1, 0.15) is 71.3 Å². The quantitative estimate of drug-likeness (QED) is 0.781. The minimum atomic E-state index is 0.0602. The number of benzene rings is 1. The molecule has 1 amide bonds. The van der Waals surface area contributed by atoms with Crippen LogP contribution in [0.25, 0.3) is 0 Å². The van der Waals surface area contributed by atoms with Crippen LogP contribution in [0.2, 0.25) is 0 Å². The van der Waals surface area contributed by atoms with Gasteiger partial charge in [-0.2, -0.15) is 0 Å². The number of carbonyl (C=O) groups excluding carboxylic acids is 1. The van der Waals surface area contributed by atoms with Crippen molar-refractivity contribution in [3.8, 4) is 11.5 Å². The summed E-state index contributed by atoms with van der Waals surface area (Å²) in [5, 5.41) is 3.88. The number of rotatable bonds is 5. The molecule has 2 fully saturated rings. The highest BCUT2D eigenvalue weighted by Gasteiger charge is 2.37. The van der Waals surface area contributed by atoms with Gasteiger partial charge in [-0.3, -0.25) is 4.79 Å². The lowest BCUT2D eigenvalue weighted by atomic mass is 9.78. The summed E-state index contributed by atoms with van der Waals surface area (Å²) in [5.74, 6) is 2.08. The van der Waals surface area contributed by atoms with Crippen LogP contribution >= 0.6 is 0 Å². The van der Waals surface area contributed by atoms with E-state index >= 15 is 0 Å². The Kier molecular flexibility index (Phi) is 6.29. The van der Waals surface area contributed by atoms with Gasteiger partial charge in [-0.05, 0) is 48.8 Å². The first-order chi connectivity index (χ1) is 14.3. The molecule has 0 atom stereocenters. The molecule has 30 heavy (non-hydrogen) atoms. The van der Waals surface area contributed by atoms with Gasteiger partial charge < -0.3 is 19.7 Å². The highest BCUT2D eigenvalue weighted by atomic mass is 16.6. The molecule has 1 saturated carbocycles. The predicted octanol–water partition coefficient (Wildman–Crippen LogP) is 4.29. The average molecular weight is 415 g/mol. The largest absolute Gasteiger partial charge is 0.486 e. The summed E-state index contributed by atoms with van der Waals surface area (Å²) in [6.07, 6.45) is 7.76. The number of ether oxygens (including phenoxy) is 2. The molecular formula is C25H38N2O3. The first-order valence-electron chi connectivity index (χ1n) is 11.8. The van der Waals surface area contributed by atoms with E-state index in [2.05, 4.69) is 49.2 Å². The van der Waals surface area contributed by atoms with E-state index in [1.54, 1.807) is 0 Å². The van der Waals surface area contributed by atoms with Crippen molar-refractivity contribution in [3.63, 3.8) is 0 Å². The average Bonchev–Trinajstić information content (AvgIpc) is 3.21. The van der Waals surface area contributed by atoms with Gasteiger partial charge in [0.1, 0.15) is 13.2 Å². The van der Waals surface area contributed by atoms with Crippen LogP contribution in [0.3, 0.4) is 0 Å². The fourth-order valence-corrected chi connectivity index (χ4v) is 5.23. The minimum Gasteiger partial charge on any atom is -0.486 e. The van der Waals surface area contributed by atoms with Crippen LogP contribution in [-0.2, 0) is 10.2 Å². The number of hydrogen-bond acceptors (Lipinski definition) is 4. The highest BCUT2D eigenvalue weighted by Crippen LogP contribution is 2.44. The topological polar surface area (TPSA) is 50.8 Å². The van der Waals surface area contributed by atoms with Crippen molar-refractivity contribution >= 4 is 5.91 Å². The number of nitrogens with one attached hydrogen (secondary N) is 1. The Balaban J connectivity index is 1.35. The molecule has 1 aromatic carbocycles. The van der Waals surface area contributed by atoms with Crippen LogP contribution in [0, 0.1) is 5.41 Å². The number of likely N-dealkylation sites (tertiary alicyclic amines) is 1. The van der Waals surface area contributed by atoms with Crippen molar-refractivity contribution in [2.75, 3.05) is 32.8 Å². The molecule has 1 saturated heterocycles. The van der Waals surface area contributed by atoms with E-state index in [-0.39, 0.29) is 10.8 Å². The van der Waals surface area contributed by atoms with Gasteiger partial charge in [-0.15, -0.1) is 0 Å². The lowest BCUT2D eigenvalue weighted by Gasteiger charge is -2.37. The Morgan fingerprint density at radius 3 is 2.43 bits per heavy atom. The van der Waals surface area contributed by atoms with E-state index in [9.17, 15) is 4.79 Å². The van der Waals surface area contributed by atoms with Gasteiger partial charge in [0.15, 0.2) is 11.5 Å². The Labute approximate surface area is 181 Å². The molecule has 3 aliphatic rings. The summed E-state index contributed by atoms with van der Waals surface area (Å²) in [5.41, 5.74) is 1.63. The van der Waals surface area contributed by atoms with Crippen molar-refractivity contribution in [1.29, 1.82) is 0 Å². The standard InChI is InChI=1S/C25H38N2O3/c1-24(2,3)17-23(28)27-12-8-20(9-13-27)26-18-25(10-4-5-11-25)19-6-7-21-22(16-19)30-15-14-29-21/h6-7,16,20,26H,4-5,8-15,17-18H2,1-3H3. The van der Waals surface area contributed by atoms with Crippen molar-refractivity contribution in [2.45, 2.75) is 77.2 Å². The zero-order valence-corrected chi connectivity index (χ0v) is 19.0. The molecule has 5 nitrogen and oxygen atoms in total. The monoisotopic (exact) mass is 414 g/mol. The highest BCUT2D eigenvalue weighted by molar-refractivity contribution is 5.76. The normalized spacial score (nSPS) is 21.6. The van der Waals surface area contributed by atoms with Gasteiger partial charge in [0.05, 0.1) is 0 Å². The lowest BCUT2D eigenvalue weighted by molar-refractivity contribution is -0.134. The molecule has 4 rings (SSSR count). The molecule has 2 aliphatic heterocycles. The lowest BCUT2D eigenvalue weighted by Crippen LogP contribution is -2.48.